The van der Waals surface area contributed by atoms with Gasteiger partial charge >= 0.3 is 12.1 Å². The maximum atomic E-state index is 12.9. The van der Waals surface area contributed by atoms with Gasteiger partial charge in [-0.3, -0.25) is 9.10 Å². The first-order valence-corrected chi connectivity index (χ1v) is 9.51. The predicted molar refractivity (Wildman–Crippen MR) is 95.7 cm³/mol. The molecule has 0 aliphatic rings. The van der Waals surface area contributed by atoms with Crippen molar-refractivity contribution in [2.24, 2.45) is 0 Å². The van der Waals surface area contributed by atoms with Crippen LogP contribution in [0.4, 0.5) is 24.5 Å². The van der Waals surface area contributed by atoms with Crippen LogP contribution in [0.2, 0.25) is 0 Å². The number of carbonyl (C=O) groups excluding carboxylic acids is 1. The Labute approximate surface area is 158 Å². The van der Waals surface area contributed by atoms with E-state index in [2.05, 4.69) is 5.32 Å². The van der Waals surface area contributed by atoms with E-state index in [0.29, 0.717) is 10.4 Å². The Bertz CT molecular complexity index is 1010. The number of alkyl halides is 3. The second kappa shape index (κ2) is 7.89. The van der Waals surface area contributed by atoms with E-state index in [0.717, 1.165) is 24.5 Å². The molecule has 0 spiro atoms. The van der Waals surface area contributed by atoms with Gasteiger partial charge in [0.05, 0.1) is 28.8 Å². The molecule has 0 saturated carbocycles. The molecule has 2 aromatic rings. The minimum absolute atomic E-state index is 0.0718. The molecule has 7 nitrogen and oxygen atoms in total. The molecular formula is C17H15F3N2O5S. The second-order valence-corrected chi connectivity index (χ2v) is 7.62. The van der Waals surface area contributed by atoms with Gasteiger partial charge < -0.3 is 10.4 Å². The van der Waals surface area contributed by atoms with Crippen LogP contribution >= 0.6 is 0 Å². The van der Waals surface area contributed by atoms with Crippen LogP contribution in [0.25, 0.3) is 0 Å². The van der Waals surface area contributed by atoms with E-state index >= 15 is 0 Å². The number of halogens is 3. The predicted octanol–water partition coefficient (Wildman–Crippen LogP) is 2.81. The molecule has 2 rings (SSSR count). The van der Waals surface area contributed by atoms with Crippen molar-refractivity contribution in [3.63, 3.8) is 0 Å². The standard InChI is InChI=1S/C17H15F3N2O5S/c1-28(26,27)22(12-6-4-5-11(9-12)17(18,19)20)10-15(23)21-14-8-3-2-7-13(14)16(24)25/h2-9H,10H2,1H3,(H,21,23)(H,24,25). The molecule has 2 N–H and O–H groups in total. The molecule has 0 aromatic heterocycles. The highest BCUT2D eigenvalue weighted by Crippen LogP contribution is 2.32. The van der Waals surface area contributed by atoms with E-state index in [4.69, 9.17) is 5.11 Å². The molecule has 0 atom stereocenters. The van der Waals surface area contributed by atoms with Crippen LogP contribution in [-0.4, -0.2) is 38.2 Å². The number of nitrogens with one attached hydrogen (secondary N) is 1. The Morgan fingerprint density at radius 1 is 1.11 bits per heavy atom. The lowest BCUT2D eigenvalue weighted by Gasteiger charge is -2.23. The molecule has 11 heteroatoms. The molecule has 0 heterocycles. The number of carboxylic acids is 1. The van der Waals surface area contributed by atoms with E-state index in [-0.39, 0.29) is 16.9 Å². The fraction of sp³-hybridized carbons (Fsp3) is 0.176. The summed E-state index contributed by atoms with van der Waals surface area (Å²) in [5.74, 6) is -2.23. The van der Waals surface area contributed by atoms with Gasteiger partial charge in [0.1, 0.15) is 6.54 Å². The van der Waals surface area contributed by atoms with Gasteiger partial charge in [-0.05, 0) is 30.3 Å². The van der Waals surface area contributed by atoms with Gasteiger partial charge in [-0.1, -0.05) is 18.2 Å². The smallest absolute Gasteiger partial charge is 0.416 e. The summed E-state index contributed by atoms with van der Waals surface area (Å²) in [4.78, 5) is 23.4. The number of carboxylic acid groups (broad SMARTS) is 1. The highest BCUT2D eigenvalue weighted by atomic mass is 32.2. The molecule has 0 radical (unpaired) electrons. The van der Waals surface area contributed by atoms with Crippen molar-refractivity contribution in [2.45, 2.75) is 6.18 Å². The van der Waals surface area contributed by atoms with E-state index < -0.39 is 40.2 Å². The Morgan fingerprint density at radius 3 is 2.32 bits per heavy atom. The molecule has 0 aliphatic carbocycles. The van der Waals surface area contributed by atoms with E-state index in [1.165, 1.54) is 24.3 Å². The molecular weight excluding hydrogens is 401 g/mol. The van der Waals surface area contributed by atoms with Gasteiger partial charge in [-0.2, -0.15) is 13.2 Å². The maximum Gasteiger partial charge on any atom is 0.416 e. The molecule has 0 aliphatic heterocycles. The third-order valence-electron chi connectivity index (χ3n) is 3.58. The zero-order valence-electron chi connectivity index (χ0n) is 14.4. The van der Waals surface area contributed by atoms with E-state index in [9.17, 15) is 31.2 Å². The van der Waals surface area contributed by atoms with Crippen LogP contribution in [-0.2, 0) is 21.0 Å². The lowest BCUT2D eigenvalue weighted by molar-refractivity contribution is -0.137. The number of nitrogens with zero attached hydrogens (tertiary/aromatic N) is 1. The molecule has 0 unspecified atom stereocenters. The monoisotopic (exact) mass is 416 g/mol. The Kier molecular flexibility index (Phi) is 5.98. The minimum Gasteiger partial charge on any atom is -0.478 e. The maximum absolute atomic E-state index is 12.9. The van der Waals surface area contributed by atoms with Crippen molar-refractivity contribution in [3.05, 3.63) is 59.7 Å². The molecule has 150 valence electrons. The van der Waals surface area contributed by atoms with Crippen LogP contribution in [0.5, 0.6) is 0 Å². The number of hydrogen-bond acceptors (Lipinski definition) is 4. The van der Waals surface area contributed by atoms with E-state index in [1.807, 2.05) is 0 Å². The normalized spacial score (nSPS) is 11.7. The number of rotatable bonds is 6. The second-order valence-electron chi connectivity index (χ2n) is 5.72. The summed E-state index contributed by atoms with van der Waals surface area (Å²) in [7, 11) is -4.11. The van der Waals surface area contributed by atoms with E-state index in [1.54, 1.807) is 0 Å². The lowest BCUT2D eigenvalue weighted by atomic mass is 10.2. The van der Waals surface area contributed by atoms with Gasteiger partial charge in [0.2, 0.25) is 15.9 Å². The molecule has 2 aromatic carbocycles. The van der Waals surface area contributed by atoms with Gasteiger partial charge in [-0.15, -0.1) is 0 Å². The Morgan fingerprint density at radius 2 is 1.75 bits per heavy atom. The fourth-order valence-electron chi connectivity index (χ4n) is 2.34. The van der Waals surface area contributed by atoms with Crippen LogP contribution < -0.4 is 9.62 Å². The van der Waals surface area contributed by atoms with Gasteiger partial charge in [0.15, 0.2) is 0 Å². The highest BCUT2D eigenvalue weighted by molar-refractivity contribution is 7.92. The summed E-state index contributed by atoms with van der Waals surface area (Å²) in [6.45, 7) is -0.839. The molecule has 0 bridgehead atoms. The average molecular weight is 416 g/mol. The molecule has 0 fully saturated rings. The number of aromatic carboxylic acids is 1. The summed E-state index contributed by atoms with van der Waals surface area (Å²) in [6.07, 6.45) is -3.95. The largest absolute Gasteiger partial charge is 0.478 e. The number of amides is 1. The van der Waals surface area contributed by atoms with Crippen LogP contribution in [0.3, 0.4) is 0 Å². The molecule has 28 heavy (non-hydrogen) atoms. The fourth-order valence-corrected chi connectivity index (χ4v) is 3.18. The first-order valence-electron chi connectivity index (χ1n) is 7.67. The third kappa shape index (κ3) is 5.22. The average Bonchev–Trinajstić information content (AvgIpc) is 2.58. The van der Waals surface area contributed by atoms with Crippen molar-refractivity contribution >= 4 is 33.3 Å². The number of carbonyl (C=O) groups is 2. The third-order valence-corrected chi connectivity index (χ3v) is 4.72. The minimum atomic E-state index is -4.69. The summed E-state index contributed by atoms with van der Waals surface area (Å²) in [5, 5.41) is 11.4. The van der Waals surface area contributed by atoms with Crippen molar-refractivity contribution in [3.8, 4) is 0 Å². The van der Waals surface area contributed by atoms with Crippen LogP contribution in [0.1, 0.15) is 15.9 Å². The number of sulfonamides is 1. The lowest BCUT2D eigenvalue weighted by Crippen LogP contribution is -2.37. The molecule has 1 amide bonds. The van der Waals surface area contributed by atoms with Crippen molar-refractivity contribution in [1.29, 1.82) is 0 Å². The summed E-state index contributed by atoms with van der Waals surface area (Å²) >= 11 is 0. The number of benzene rings is 2. The number of para-hydroxylation sites is 1. The molecule has 0 saturated heterocycles. The van der Waals surface area contributed by atoms with Crippen molar-refractivity contribution < 1.29 is 36.3 Å². The van der Waals surface area contributed by atoms with Gasteiger partial charge in [0, 0.05) is 0 Å². The Balaban J connectivity index is 2.32. The quantitative estimate of drug-likeness (QED) is 0.754. The summed E-state index contributed by atoms with van der Waals surface area (Å²) in [6, 6.07) is 8.96. The number of anilines is 2. The van der Waals surface area contributed by atoms with Crippen molar-refractivity contribution in [2.75, 3.05) is 22.4 Å². The van der Waals surface area contributed by atoms with Gasteiger partial charge in [0.25, 0.3) is 0 Å². The van der Waals surface area contributed by atoms with Gasteiger partial charge in [-0.25, -0.2) is 13.2 Å². The summed E-state index contributed by atoms with van der Waals surface area (Å²) in [5.41, 5.74) is -1.72. The Hall–Kier alpha value is -3.08. The zero-order chi connectivity index (χ0) is 21.1. The first kappa shape index (κ1) is 21.2. The van der Waals surface area contributed by atoms with Crippen LogP contribution in [0.15, 0.2) is 48.5 Å². The SMILES string of the molecule is CS(=O)(=O)N(CC(=O)Nc1ccccc1C(=O)O)c1cccc(C(F)(F)F)c1. The summed E-state index contributed by atoms with van der Waals surface area (Å²) < 4.78 is 63.2. The van der Waals surface area contributed by atoms with Crippen molar-refractivity contribution in [1.82, 2.24) is 0 Å². The first-order chi connectivity index (χ1) is 12.9. The topological polar surface area (TPSA) is 104 Å². The highest BCUT2D eigenvalue weighted by Gasteiger charge is 2.32. The zero-order valence-corrected chi connectivity index (χ0v) is 15.2. The van der Waals surface area contributed by atoms with Crippen LogP contribution in [0, 0.1) is 0 Å². The number of hydrogen-bond donors (Lipinski definition) is 2.